The zero-order valence-corrected chi connectivity index (χ0v) is 13.2. The van der Waals surface area contributed by atoms with Crippen molar-refractivity contribution in [3.8, 4) is 0 Å². The van der Waals surface area contributed by atoms with Gasteiger partial charge in [-0.2, -0.15) is 13.2 Å². The van der Waals surface area contributed by atoms with Crippen molar-refractivity contribution in [3.05, 3.63) is 65.6 Å². The maximum atomic E-state index is 13.4. The Labute approximate surface area is 144 Å². The monoisotopic (exact) mass is 365 g/mol. The van der Waals surface area contributed by atoms with Crippen LogP contribution in [0.25, 0.3) is 5.65 Å². The van der Waals surface area contributed by atoms with Gasteiger partial charge in [-0.25, -0.2) is 14.4 Å². The van der Waals surface area contributed by atoms with Crippen molar-refractivity contribution in [2.45, 2.75) is 12.6 Å². The zero-order valence-electron chi connectivity index (χ0n) is 13.2. The molecule has 26 heavy (non-hydrogen) atoms. The summed E-state index contributed by atoms with van der Waals surface area (Å²) in [6, 6.07) is 5.88. The SMILES string of the molecule is NC(=NC(=[NH2+])C(F)(F)F)c1cn2ccnc2c(Cc2cccc(F)c2)n1. The second-order valence-electron chi connectivity index (χ2n) is 5.42. The van der Waals surface area contributed by atoms with E-state index in [1.165, 1.54) is 24.5 Å². The molecule has 0 spiro atoms. The lowest BCUT2D eigenvalue weighted by atomic mass is 10.1. The number of fused-ring (bicyclic) bond motifs is 1. The summed E-state index contributed by atoms with van der Waals surface area (Å²) in [4.78, 5) is 11.6. The number of hydrogen-bond acceptors (Lipinski definition) is 2. The van der Waals surface area contributed by atoms with E-state index < -0.39 is 23.7 Å². The maximum absolute atomic E-state index is 13.4. The molecule has 0 unspecified atom stereocenters. The summed E-state index contributed by atoms with van der Waals surface area (Å²) in [6.07, 6.45) is -0.120. The van der Waals surface area contributed by atoms with Crippen molar-refractivity contribution in [2.75, 3.05) is 0 Å². The Bertz CT molecular complexity index is 1010. The summed E-state index contributed by atoms with van der Waals surface area (Å²) >= 11 is 0. The Balaban J connectivity index is 2.03. The number of halogens is 4. The summed E-state index contributed by atoms with van der Waals surface area (Å²) < 4.78 is 52.5. The summed E-state index contributed by atoms with van der Waals surface area (Å²) in [5.74, 6) is -2.48. The summed E-state index contributed by atoms with van der Waals surface area (Å²) in [6.45, 7) is 0. The molecule has 0 aliphatic rings. The van der Waals surface area contributed by atoms with Gasteiger partial charge in [-0.3, -0.25) is 5.41 Å². The van der Waals surface area contributed by atoms with Crippen molar-refractivity contribution >= 4 is 17.3 Å². The highest BCUT2D eigenvalue weighted by atomic mass is 19.4. The van der Waals surface area contributed by atoms with Gasteiger partial charge in [0.05, 0.1) is 5.69 Å². The molecule has 6 nitrogen and oxygen atoms in total. The van der Waals surface area contributed by atoms with Gasteiger partial charge in [-0.05, 0) is 22.7 Å². The van der Waals surface area contributed by atoms with E-state index in [9.17, 15) is 17.6 Å². The zero-order chi connectivity index (χ0) is 18.9. The van der Waals surface area contributed by atoms with Crippen LogP contribution in [0, 0.1) is 5.82 Å². The molecule has 134 valence electrons. The van der Waals surface area contributed by atoms with Gasteiger partial charge in [0.25, 0.3) is 5.84 Å². The number of aliphatic imine (C=N–C) groups is 1. The van der Waals surface area contributed by atoms with E-state index in [0.717, 1.165) is 0 Å². The fourth-order valence-electron chi connectivity index (χ4n) is 2.33. The minimum absolute atomic E-state index is 0.00546. The van der Waals surface area contributed by atoms with E-state index >= 15 is 0 Å². The first-order valence-electron chi connectivity index (χ1n) is 7.35. The average molecular weight is 365 g/mol. The third-order valence-corrected chi connectivity index (χ3v) is 3.50. The highest BCUT2D eigenvalue weighted by Gasteiger charge is 2.42. The number of nitrogens with two attached hydrogens (primary N) is 2. The molecule has 0 radical (unpaired) electrons. The van der Waals surface area contributed by atoms with Crippen LogP contribution in [-0.4, -0.2) is 32.2 Å². The molecule has 1 aromatic carbocycles. The third kappa shape index (κ3) is 3.68. The van der Waals surface area contributed by atoms with Gasteiger partial charge < -0.3 is 10.1 Å². The summed E-state index contributed by atoms with van der Waals surface area (Å²) in [5, 5.41) is 4.90. The summed E-state index contributed by atoms with van der Waals surface area (Å²) in [7, 11) is 0. The molecule has 0 amide bonds. The molecule has 0 aliphatic carbocycles. The van der Waals surface area contributed by atoms with Gasteiger partial charge in [-0.15, -0.1) is 0 Å². The first kappa shape index (κ1) is 17.5. The first-order valence-corrected chi connectivity index (χ1v) is 7.35. The van der Waals surface area contributed by atoms with Crippen molar-refractivity contribution in [2.24, 2.45) is 10.7 Å². The Kier molecular flexibility index (Phi) is 4.41. The predicted octanol–water partition coefficient (Wildman–Crippen LogP) is 0.884. The van der Waals surface area contributed by atoms with Gasteiger partial charge in [0.2, 0.25) is 0 Å². The molecular formula is C16H13F4N6+. The Morgan fingerprint density at radius 2 is 2.08 bits per heavy atom. The van der Waals surface area contributed by atoms with Crippen molar-refractivity contribution in [1.82, 2.24) is 14.4 Å². The number of aromatic nitrogens is 3. The average Bonchev–Trinajstić information content (AvgIpc) is 3.02. The van der Waals surface area contributed by atoms with Crippen LogP contribution >= 0.6 is 0 Å². The minimum Gasteiger partial charge on any atom is -0.361 e. The van der Waals surface area contributed by atoms with Crippen molar-refractivity contribution in [3.63, 3.8) is 0 Å². The fourth-order valence-corrected chi connectivity index (χ4v) is 2.33. The normalized spacial score (nSPS) is 12.5. The predicted molar refractivity (Wildman–Crippen MR) is 85.9 cm³/mol. The molecule has 3 aromatic rings. The molecule has 0 atom stereocenters. The number of rotatable bonds is 3. The quantitative estimate of drug-likeness (QED) is 0.410. The number of amidine groups is 2. The molecule has 2 aromatic heterocycles. The van der Waals surface area contributed by atoms with Gasteiger partial charge in [0.1, 0.15) is 11.5 Å². The third-order valence-electron chi connectivity index (χ3n) is 3.50. The van der Waals surface area contributed by atoms with Crippen molar-refractivity contribution in [1.29, 1.82) is 0 Å². The van der Waals surface area contributed by atoms with E-state index in [2.05, 4.69) is 15.0 Å². The highest BCUT2D eigenvalue weighted by molar-refractivity contribution is 6.04. The number of alkyl halides is 3. The smallest absolute Gasteiger partial charge is 0.361 e. The second kappa shape index (κ2) is 6.54. The van der Waals surface area contributed by atoms with Gasteiger partial charge in [0, 0.05) is 25.0 Å². The van der Waals surface area contributed by atoms with Gasteiger partial charge in [-0.1, -0.05) is 12.1 Å². The molecule has 10 heteroatoms. The van der Waals surface area contributed by atoms with Gasteiger partial charge in [0.15, 0.2) is 5.65 Å². The van der Waals surface area contributed by atoms with E-state index in [0.29, 0.717) is 16.9 Å². The minimum atomic E-state index is -4.80. The van der Waals surface area contributed by atoms with E-state index in [-0.39, 0.29) is 12.1 Å². The van der Waals surface area contributed by atoms with Crippen LogP contribution in [0.3, 0.4) is 0 Å². The molecule has 3 rings (SSSR count). The van der Waals surface area contributed by atoms with Crippen LogP contribution in [0.4, 0.5) is 17.6 Å². The second-order valence-corrected chi connectivity index (χ2v) is 5.42. The van der Waals surface area contributed by atoms with Crippen molar-refractivity contribution < 1.29 is 23.0 Å². The number of imidazole rings is 1. The molecule has 2 heterocycles. The van der Waals surface area contributed by atoms with E-state index in [4.69, 9.17) is 11.1 Å². The lowest BCUT2D eigenvalue weighted by molar-refractivity contribution is -0.169. The molecule has 0 fully saturated rings. The summed E-state index contributed by atoms with van der Waals surface area (Å²) in [5.41, 5.74) is 7.12. The van der Waals surface area contributed by atoms with Crippen LogP contribution in [0.15, 0.2) is 47.8 Å². The standard InChI is InChI=1S/C16H12F4N6/c17-10-3-1-2-9(6-10)7-11-14-23-4-5-26(14)8-12(24-11)13(21)25-15(22)16(18,19)20/h1-6,8H,7H2,(H3,21,22,25)/p+1. The largest absolute Gasteiger partial charge is 0.498 e. The Morgan fingerprint density at radius 3 is 2.77 bits per heavy atom. The first-order chi connectivity index (χ1) is 12.2. The van der Waals surface area contributed by atoms with Crippen LogP contribution in [-0.2, 0) is 6.42 Å². The molecule has 0 aliphatic heterocycles. The molecular weight excluding hydrogens is 352 g/mol. The van der Waals surface area contributed by atoms with E-state index in [1.54, 1.807) is 22.7 Å². The molecule has 0 bridgehead atoms. The number of nitrogens with zero attached hydrogens (tertiary/aromatic N) is 4. The topological polar surface area (TPSA) is 94.2 Å². The Hall–Kier alpha value is -3.30. The molecule has 4 N–H and O–H groups in total. The van der Waals surface area contributed by atoms with Gasteiger partial charge >= 0.3 is 12.0 Å². The highest BCUT2D eigenvalue weighted by Crippen LogP contribution is 2.17. The lowest BCUT2D eigenvalue weighted by Crippen LogP contribution is -2.48. The lowest BCUT2D eigenvalue weighted by Gasteiger charge is -2.06. The Morgan fingerprint density at radius 1 is 1.31 bits per heavy atom. The van der Waals surface area contributed by atoms with Crippen LogP contribution in [0.2, 0.25) is 0 Å². The molecule has 0 saturated heterocycles. The fraction of sp³-hybridized carbons (Fsp3) is 0.125. The van der Waals surface area contributed by atoms with Crippen LogP contribution in [0.5, 0.6) is 0 Å². The van der Waals surface area contributed by atoms with Crippen LogP contribution in [0.1, 0.15) is 17.0 Å². The molecule has 0 saturated carbocycles. The van der Waals surface area contributed by atoms with Crippen LogP contribution < -0.4 is 11.1 Å². The number of hydrogen-bond donors (Lipinski definition) is 2. The number of benzene rings is 1. The van der Waals surface area contributed by atoms with E-state index in [1.807, 2.05) is 0 Å². The maximum Gasteiger partial charge on any atom is 0.498 e.